The van der Waals surface area contributed by atoms with Gasteiger partial charge in [0.1, 0.15) is 23.3 Å². The minimum atomic E-state index is -4.52. The van der Waals surface area contributed by atoms with Gasteiger partial charge in [-0.25, -0.2) is 0 Å². The van der Waals surface area contributed by atoms with Gasteiger partial charge in [0.2, 0.25) is 5.91 Å². The Labute approximate surface area is 252 Å². The van der Waals surface area contributed by atoms with Crippen LogP contribution < -0.4 is 14.8 Å². The number of carbonyl (C=O) groups excluding carboxylic acids is 3. The number of nitrogens with zero attached hydrogens (tertiary/aromatic N) is 2. The van der Waals surface area contributed by atoms with Crippen molar-refractivity contribution in [3.63, 3.8) is 0 Å². The van der Waals surface area contributed by atoms with Crippen LogP contribution in [0.3, 0.4) is 0 Å². The van der Waals surface area contributed by atoms with Gasteiger partial charge in [-0.2, -0.15) is 13.2 Å². The van der Waals surface area contributed by atoms with Crippen molar-refractivity contribution in [1.29, 1.82) is 0 Å². The lowest BCUT2D eigenvalue weighted by molar-refractivity contribution is -0.137. The molecular formula is C32H32F3N3O6. The number of methoxy groups -OCH3 is 2. The first-order valence-corrected chi connectivity index (χ1v) is 14.0. The molecule has 3 aromatic carbocycles. The van der Waals surface area contributed by atoms with Crippen molar-refractivity contribution in [2.75, 3.05) is 33.9 Å². The molecule has 2 aliphatic rings. The molecule has 2 heterocycles. The van der Waals surface area contributed by atoms with Crippen LogP contribution in [0.25, 0.3) is 0 Å². The summed E-state index contributed by atoms with van der Waals surface area (Å²) in [4.78, 5) is 43.7. The highest BCUT2D eigenvalue weighted by Crippen LogP contribution is 2.39. The zero-order chi connectivity index (χ0) is 31.5. The van der Waals surface area contributed by atoms with E-state index in [9.17, 15) is 27.6 Å². The fourth-order valence-electron chi connectivity index (χ4n) is 5.58. The average Bonchev–Trinajstić information content (AvgIpc) is 3.41. The molecule has 3 amide bonds. The maximum absolute atomic E-state index is 14.0. The molecular weight excluding hydrogens is 579 g/mol. The minimum absolute atomic E-state index is 0.108. The first-order chi connectivity index (χ1) is 21.0. The molecule has 0 aliphatic carbocycles. The number of benzene rings is 3. The number of rotatable bonds is 7. The number of nitrogens with one attached hydrogen (secondary N) is 1. The van der Waals surface area contributed by atoms with Crippen LogP contribution in [-0.2, 0) is 22.3 Å². The Kier molecular flexibility index (Phi) is 8.82. The van der Waals surface area contributed by atoms with Gasteiger partial charge < -0.3 is 24.4 Å². The predicted octanol–water partition coefficient (Wildman–Crippen LogP) is 4.51. The van der Waals surface area contributed by atoms with E-state index < -0.39 is 35.3 Å². The summed E-state index contributed by atoms with van der Waals surface area (Å²) in [6, 6.07) is 16.9. The molecule has 0 saturated carbocycles. The zero-order valence-corrected chi connectivity index (χ0v) is 24.2. The summed E-state index contributed by atoms with van der Waals surface area (Å²) in [5.74, 6) is -0.000617. The van der Waals surface area contributed by atoms with E-state index in [1.165, 1.54) is 24.1 Å². The van der Waals surface area contributed by atoms with E-state index in [-0.39, 0.29) is 50.6 Å². The Morgan fingerprint density at radius 2 is 1.45 bits per heavy atom. The third-order valence-electron chi connectivity index (χ3n) is 8.01. The molecule has 1 spiro atoms. The van der Waals surface area contributed by atoms with Crippen molar-refractivity contribution in [1.82, 2.24) is 15.1 Å². The van der Waals surface area contributed by atoms with E-state index >= 15 is 0 Å². The molecule has 44 heavy (non-hydrogen) atoms. The van der Waals surface area contributed by atoms with Gasteiger partial charge in [0, 0.05) is 43.6 Å². The Morgan fingerprint density at radius 3 is 2.00 bits per heavy atom. The molecule has 2 saturated heterocycles. The highest BCUT2D eigenvalue weighted by molar-refractivity contribution is 5.99. The lowest BCUT2D eigenvalue weighted by Gasteiger charge is -2.44. The summed E-state index contributed by atoms with van der Waals surface area (Å²) < 4.78 is 56.1. The Bertz CT molecular complexity index is 1500. The number of hydrogen-bond acceptors (Lipinski definition) is 6. The number of carbonyl (C=O) groups is 3. The van der Waals surface area contributed by atoms with Crippen LogP contribution in [0.2, 0.25) is 0 Å². The molecule has 1 atom stereocenters. The van der Waals surface area contributed by atoms with E-state index in [4.69, 9.17) is 14.2 Å². The molecule has 3 aromatic rings. The fourth-order valence-corrected chi connectivity index (χ4v) is 5.58. The van der Waals surface area contributed by atoms with Crippen molar-refractivity contribution in [2.24, 2.45) is 0 Å². The summed E-state index contributed by atoms with van der Waals surface area (Å²) in [6.45, 7) is 0.273. The Morgan fingerprint density at radius 1 is 0.886 bits per heavy atom. The van der Waals surface area contributed by atoms with Crippen molar-refractivity contribution >= 4 is 17.7 Å². The van der Waals surface area contributed by atoms with E-state index in [0.717, 1.165) is 12.1 Å². The highest BCUT2D eigenvalue weighted by atomic mass is 19.4. The summed E-state index contributed by atoms with van der Waals surface area (Å²) in [6.07, 6.45) is -4.00. The van der Waals surface area contributed by atoms with Crippen LogP contribution in [0.5, 0.6) is 11.5 Å². The Hall–Kier alpha value is -4.58. The summed E-state index contributed by atoms with van der Waals surface area (Å²) in [7, 11) is 3.05. The van der Waals surface area contributed by atoms with Crippen LogP contribution in [0.1, 0.15) is 44.7 Å². The average molecular weight is 612 g/mol. The third-order valence-corrected chi connectivity index (χ3v) is 8.01. The van der Waals surface area contributed by atoms with Gasteiger partial charge in [-0.3, -0.25) is 19.3 Å². The fraction of sp³-hybridized carbons (Fsp3) is 0.344. The van der Waals surface area contributed by atoms with Crippen LogP contribution in [-0.4, -0.2) is 73.2 Å². The lowest BCUT2D eigenvalue weighted by Crippen LogP contribution is -2.59. The number of halogens is 3. The van der Waals surface area contributed by atoms with Gasteiger partial charge in [-0.1, -0.05) is 12.1 Å². The number of likely N-dealkylation sites (tertiary alicyclic amines) is 1. The molecule has 2 aliphatic heterocycles. The van der Waals surface area contributed by atoms with Gasteiger partial charge in [0.25, 0.3) is 11.8 Å². The topological polar surface area (TPSA) is 97.4 Å². The van der Waals surface area contributed by atoms with Crippen LogP contribution in [0.4, 0.5) is 13.2 Å². The van der Waals surface area contributed by atoms with Gasteiger partial charge in [-0.15, -0.1) is 0 Å². The van der Waals surface area contributed by atoms with Crippen LogP contribution in [0, 0.1) is 0 Å². The zero-order valence-electron chi connectivity index (χ0n) is 24.2. The first-order valence-electron chi connectivity index (χ1n) is 14.0. The van der Waals surface area contributed by atoms with Gasteiger partial charge in [0.15, 0.2) is 0 Å². The molecule has 1 unspecified atom stereocenters. The number of ether oxygens (including phenoxy) is 3. The molecule has 9 nitrogen and oxygen atoms in total. The largest absolute Gasteiger partial charge is 0.497 e. The standard InChI is InChI=1S/C32H32F3N3O6/c1-42-25-10-6-22(7-11-25)29(40)37-16-14-31(15-17-37)38(30(41)23-8-12-26(43-2)13-9-23)27(20-44-31)28(39)36-19-21-4-3-5-24(18-21)32(33,34)35/h3-13,18,27H,14-17,19-20H2,1-2H3,(H,36,39). The maximum atomic E-state index is 14.0. The normalized spacial score (nSPS) is 17.8. The number of alkyl halides is 3. The molecule has 2 fully saturated rings. The molecule has 1 N–H and O–H groups in total. The van der Waals surface area contributed by atoms with Crippen molar-refractivity contribution in [3.8, 4) is 11.5 Å². The quantitative estimate of drug-likeness (QED) is 0.423. The van der Waals surface area contributed by atoms with E-state index in [1.54, 1.807) is 60.5 Å². The maximum Gasteiger partial charge on any atom is 0.416 e. The molecule has 232 valence electrons. The molecule has 0 radical (unpaired) electrons. The number of hydrogen-bond donors (Lipinski definition) is 1. The first kappa shape index (κ1) is 30.9. The smallest absolute Gasteiger partial charge is 0.416 e. The van der Waals surface area contributed by atoms with E-state index in [0.29, 0.717) is 22.6 Å². The van der Waals surface area contributed by atoms with E-state index in [1.807, 2.05) is 0 Å². The summed E-state index contributed by atoms with van der Waals surface area (Å²) in [5.41, 5.74) is -0.915. The lowest BCUT2D eigenvalue weighted by atomic mass is 9.96. The van der Waals surface area contributed by atoms with Crippen molar-refractivity contribution in [3.05, 3.63) is 95.1 Å². The SMILES string of the molecule is COc1ccc(C(=O)N2CCC3(CC2)OCC(C(=O)NCc2cccc(C(F)(F)F)c2)N3C(=O)c2ccc(OC)cc2)cc1. The van der Waals surface area contributed by atoms with Gasteiger partial charge in [-0.05, 0) is 66.2 Å². The third kappa shape index (κ3) is 6.35. The van der Waals surface area contributed by atoms with Gasteiger partial charge in [0.05, 0.1) is 26.4 Å². The second-order valence-corrected chi connectivity index (χ2v) is 10.6. The molecule has 12 heteroatoms. The van der Waals surface area contributed by atoms with Crippen LogP contribution >= 0.6 is 0 Å². The second-order valence-electron chi connectivity index (χ2n) is 10.6. The minimum Gasteiger partial charge on any atom is -0.497 e. The highest BCUT2D eigenvalue weighted by Gasteiger charge is 2.54. The Balaban J connectivity index is 1.35. The molecule has 0 bridgehead atoms. The summed E-state index contributed by atoms with van der Waals surface area (Å²) in [5, 5.41) is 2.68. The number of amides is 3. The monoisotopic (exact) mass is 611 g/mol. The second kappa shape index (κ2) is 12.6. The van der Waals surface area contributed by atoms with Crippen molar-refractivity contribution in [2.45, 2.75) is 37.3 Å². The van der Waals surface area contributed by atoms with Gasteiger partial charge >= 0.3 is 6.18 Å². The molecule has 0 aromatic heterocycles. The summed E-state index contributed by atoms with van der Waals surface area (Å²) >= 11 is 0. The van der Waals surface area contributed by atoms with Crippen molar-refractivity contribution < 1.29 is 41.8 Å². The number of piperidine rings is 1. The van der Waals surface area contributed by atoms with E-state index in [2.05, 4.69) is 5.32 Å². The predicted molar refractivity (Wildman–Crippen MR) is 153 cm³/mol. The molecule has 5 rings (SSSR count). The van der Waals surface area contributed by atoms with Crippen LogP contribution in [0.15, 0.2) is 72.8 Å².